The van der Waals surface area contributed by atoms with Gasteiger partial charge in [-0.3, -0.25) is 0 Å². The second-order valence-corrected chi connectivity index (χ2v) is 3.77. The van der Waals surface area contributed by atoms with E-state index >= 15 is 0 Å². The second kappa shape index (κ2) is 3.44. The van der Waals surface area contributed by atoms with Crippen LogP contribution in [0.4, 0.5) is 0 Å². The van der Waals surface area contributed by atoms with Gasteiger partial charge in [0.15, 0.2) is 0 Å². The molecule has 0 aliphatic rings. The van der Waals surface area contributed by atoms with Crippen molar-refractivity contribution in [1.82, 2.24) is 9.97 Å². The Morgan fingerprint density at radius 2 is 1.92 bits per heavy atom. The Kier molecular flexibility index (Phi) is 2.54. The Morgan fingerprint density at radius 3 is 2.42 bits per heavy atom. The topological polar surface area (TPSA) is 59.9 Å². The van der Waals surface area contributed by atoms with Crippen molar-refractivity contribution in [2.24, 2.45) is 0 Å². The van der Waals surface area contributed by atoms with Gasteiger partial charge in [0.1, 0.15) is 0 Å². The molecule has 0 bridgehead atoms. The van der Waals surface area contributed by atoms with Gasteiger partial charge in [-0.15, -0.1) is 0 Å². The van der Waals surface area contributed by atoms with Crippen LogP contribution < -0.4 is 0 Å². The first-order chi connectivity index (χ1) is 5.67. The summed E-state index contributed by atoms with van der Waals surface area (Å²) in [5.41, 5.74) is 0. The Morgan fingerprint density at radius 1 is 1.33 bits per heavy atom. The standard InChI is InChI=1S/C7H8N2O2S/c1-2-6-12(10,11)7-8-4-3-5-9-7/h2-6H,1H3/b6-2+. The maximum absolute atomic E-state index is 11.2. The van der Waals surface area contributed by atoms with Crippen molar-refractivity contribution in [3.8, 4) is 0 Å². The maximum Gasteiger partial charge on any atom is 0.251 e. The van der Waals surface area contributed by atoms with Crippen molar-refractivity contribution in [2.75, 3.05) is 0 Å². The zero-order chi connectivity index (χ0) is 9.03. The molecule has 0 saturated carbocycles. The Hall–Kier alpha value is -1.23. The molecule has 0 fully saturated rings. The summed E-state index contributed by atoms with van der Waals surface area (Å²) in [6.45, 7) is 1.63. The minimum atomic E-state index is -3.41. The molecule has 5 heteroatoms. The van der Waals surface area contributed by atoms with Crippen molar-refractivity contribution in [2.45, 2.75) is 12.1 Å². The van der Waals surface area contributed by atoms with Gasteiger partial charge in [-0.2, -0.15) is 0 Å². The van der Waals surface area contributed by atoms with Gasteiger partial charge in [0.05, 0.1) is 0 Å². The molecule has 64 valence electrons. The summed E-state index contributed by atoms with van der Waals surface area (Å²) in [5.74, 6) is 0. The second-order valence-electron chi connectivity index (χ2n) is 2.05. The number of rotatable bonds is 2. The fourth-order valence-electron chi connectivity index (χ4n) is 0.672. The third kappa shape index (κ3) is 1.88. The van der Waals surface area contributed by atoms with Gasteiger partial charge < -0.3 is 0 Å². The van der Waals surface area contributed by atoms with Crippen molar-refractivity contribution in [3.63, 3.8) is 0 Å². The molecule has 0 unspecified atom stereocenters. The van der Waals surface area contributed by atoms with E-state index in [4.69, 9.17) is 0 Å². The third-order valence-corrected chi connectivity index (χ3v) is 2.46. The van der Waals surface area contributed by atoms with Crippen LogP contribution in [0.15, 0.2) is 35.1 Å². The number of sulfone groups is 1. The van der Waals surface area contributed by atoms with E-state index in [-0.39, 0.29) is 5.16 Å². The van der Waals surface area contributed by atoms with Crippen molar-refractivity contribution >= 4 is 9.84 Å². The lowest BCUT2D eigenvalue weighted by molar-refractivity contribution is 0.596. The fraction of sp³-hybridized carbons (Fsp3) is 0.143. The van der Waals surface area contributed by atoms with Crippen molar-refractivity contribution in [1.29, 1.82) is 0 Å². The van der Waals surface area contributed by atoms with Gasteiger partial charge in [0.2, 0.25) is 9.84 Å². The minimum Gasteiger partial charge on any atom is -0.227 e. The molecule has 0 amide bonds. The quantitative estimate of drug-likeness (QED) is 0.637. The third-order valence-electron chi connectivity index (χ3n) is 1.11. The van der Waals surface area contributed by atoms with Crippen LogP contribution in [0.1, 0.15) is 6.92 Å². The highest BCUT2D eigenvalue weighted by molar-refractivity contribution is 7.94. The molecule has 0 saturated heterocycles. The lowest BCUT2D eigenvalue weighted by atomic mass is 10.7. The van der Waals surface area contributed by atoms with Crippen molar-refractivity contribution in [3.05, 3.63) is 29.9 Å². The van der Waals surface area contributed by atoms with E-state index in [0.717, 1.165) is 5.41 Å². The van der Waals surface area contributed by atoms with Crippen LogP contribution in [0, 0.1) is 0 Å². The average Bonchev–Trinajstić information content (AvgIpc) is 2.06. The van der Waals surface area contributed by atoms with E-state index in [0.29, 0.717) is 0 Å². The Balaban J connectivity index is 3.16. The first kappa shape index (κ1) is 8.86. The van der Waals surface area contributed by atoms with E-state index in [1.807, 2.05) is 0 Å². The molecule has 0 atom stereocenters. The normalized spacial score (nSPS) is 12.1. The Labute approximate surface area is 70.9 Å². The molecule has 0 aromatic carbocycles. The molecule has 0 radical (unpaired) electrons. The molecule has 0 aliphatic heterocycles. The maximum atomic E-state index is 11.2. The van der Waals surface area contributed by atoms with E-state index in [2.05, 4.69) is 9.97 Å². The SMILES string of the molecule is C/C=C/S(=O)(=O)c1ncccn1. The largest absolute Gasteiger partial charge is 0.251 e. The van der Waals surface area contributed by atoms with Crippen LogP contribution in [-0.2, 0) is 9.84 Å². The summed E-state index contributed by atoms with van der Waals surface area (Å²) in [5, 5.41) is 0.908. The summed E-state index contributed by atoms with van der Waals surface area (Å²) >= 11 is 0. The van der Waals surface area contributed by atoms with Gasteiger partial charge in [0, 0.05) is 17.8 Å². The van der Waals surface area contributed by atoms with Gasteiger partial charge in [-0.25, -0.2) is 18.4 Å². The number of hydrogen-bond donors (Lipinski definition) is 0. The first-order valence-corrected chi connectivity index (χ1v) is 4.86. The van der Waals surface area contributed by atoms with Gasteiger partial charge in [0.25, 0.3) is 5.16 Å². The van der Waals surface area contributed by atoms with Crippen LogP contribution in [-0.4, -0.2) is 18.4 Å². The molecule has 0 N–H and O–H groups in total. The summed E-state index contributed by atoms with van der Waals surface area (Å²) in [6.07, 6.45) is 4.22. The summed E-state index contributed by atoms with van der Waals surface area (Å²) in [4.78, 5) is 7.24. The lowest BCUT2D eigenvalue weighted by Crippen LogP contribution is -2.01. The van der Waals surface area contributed by atoms with E-state index in [1.54, 1.807) is 13.0 Å². The summed E-state index contributed by atoms with van der Waals surface area (Å²) < 4.78 is 22.4. The van der Waals surface area contributed by atoms with Gasteiger partial charge >= 0.3 is 0 Å². The molecular formula is C7H8N2O2S. The monoisotopic (exact) mass is 184 g/mol. The lowest BCUT2D eigenvalue weighted by Gasteiger charge is -1.93. The highest BCUT2D eigenvalue weighted by Gasteiger charge is 2.11. The zero-order valence-corrected chi connectivity index (χ0v) is 7.32. The highest BCUT2D eigenvalue weighted by Crippen LogP contribution is 2.03. The van der Waals surface area contributed by atoms with Crippen LogP contribution in [0.3, 0.4) is 0 Å². The van der Waals surface area contributed by atoms with E-state index in [1.165, 1.54) is 18.5 Å². The van der Waals surface area contributed by atoms with E-state index < -0.39 is 9.84 Å². The smallest absolute Gasteiger partial charge is 0.227 e. The summed E-state index contributed by atoms with van der Waals surface area (Å²) in [6, 6.07) is 1.56. The van der Waals surface area contributed by atoms with Gasteiger partial charge in [-0.1, -0.05) is 6.08 Å². The molecule has 1 aromatic rings. The minimum absolute atomic E-state index is 0.164. The number of nitrogens with zero attached hydrogens (tertiary/aromatic N) is 2. The molecule has 1 aromatic heterocycles. The molecule has 0 spiro atoms. The number of allylic oxidation sites excluding steroid dienone is 1. The number of aromatic nitrogens is 2. The van der Waals surface area contributed by atoms with Crippen LogP contribution in [0.25, 0.3) is 0 Å². The average molecular weight is 184 g/mol. The Bertz CT molecular complexity index is 370. The van der Waals surface area contributed by atoms with Crippen LogP contribution in [0.5, 0.6) is 0 Å². The van der Waals surface area contributed by atoms with Gasteiger partial charge in [-0.05, 0) is 13.0 Å². The van der Waals surface area contributed by atoms with Crippen molar-refractivity contribution < 1.29 is 8.42 Å². The van der Waals surface area contributed by atoms with E-state index in [9.17, 15) is 8.42 Å². The van der Waals surface area contributed by atoms with Crippen LogP contribution >= 0.6 is 0 Å². The molecule has 4 nitrogen and oxygen atoms in total. The zero-order valence-electron chi connectivity index (χ0n) is 6.51. The predicted octanol–water partition coefficient (Wildman–Crippen LogP) is 0.784. The summed E-state index contributed by atoms with van der Waals surface area (Å²) in [7, 11) is -3.41. The molecule has 12 heavy (non-hydrogen) atoms. The predicted molar refractivity (Wildman–Crippen MR) is 44.0 cm³/mol. The van der Waals surface area contributed by atoms with Crippen LogP contribution in [0.2, 0.25) is 0 Å². The molecule has 1 rings (SSSR count). The molecular weight excluding hydrogens is 176 g/mol. The highest BCUT2D eigenvalue weighted by atomic mass is 32.2. The fourth-order valence-corrected chi connectivity index (χ4v) is 1.57. The molecule has 0 aliphatic carbocycles. The molecule has 1 heterocycles. The number of hydrogen-bond acceptors (Lipinski definition) is 4. The first-order valence-electron chi connectivity index (χ1n) is 3.31.